The summed E-state index contributed by atoms with van der Waals surface area (Å²) in [6, 6.07) is 4.84. The Morgan fingerprint density at radius 1 is 0.957 bits per heavy atom. The van der Waals surface area contributed by atoms with Gasteiger partial charge < -0.3 is 24.0 Å². The third kappa shape index (κ3) is 4.09. The third-order valence-corrected chi connectivity index (χ3v) is 5.13. The molecule has 1 heterocycles. The van der Waals surface area contributed by atoms with Gasteiger partial charge in [-0.3, -0.25) is 0 Å². The van der Waals surface area contributed by atoms with Gasteiger partial charge in [0.15, 0.2) is 11.5 Å². The molecule has 1 aliphatic rings. The molecule has 0 unspecified atom stereocenters. The van der Waals surface area contributed by atoms with Gasteiger partial charge in [-0.25, -0.2) is 0 Å². The van der Waals surface area contributed by atoms with Gasteiger partial charge in [0.1, 0.15) is 32.7 Å². The van der Waals surface area contributed by atoms with Gasteiger partial charge in [-0.05, 0) is 25.5 Å². The second-order valence-corrected chi connectivity index (χ2v) is 6.39. The molecule has 2 N–H and O–H groups in total. The Hall–Kier alpha value is -1.46. The number of nitrogens with one attached hydrogen (secondary N) is 2. The highest BCUT2D eigenvalue weighted by Crippen LogP contribution is 2.39. The van der Waals surface area contributed by atoms with E-state index in [1.54, 1.807) is 31.1 Å². The predicted molar refractivity (Wildman–Crippen MR) is 90.9 cm³/mol. The molecule has 1 saturated heterocycles. The molecule has 23 heavy (non-hydrogen) atoms. The number of ether oxygens (including phenoxy) is 3. The van der Waals surface area contributed by atoms with Crippen LogP contribution in [-0.2, 0) is 6.54 Å². The molecule has 1 aliphatic heterocycles. The first-order chi connectivity index (χ1) is 11.1. The molecule has 2 rings (SSSR count). The summed E-state index contributed by atoms with van der Waals surface area (Å²) >= 11 is 0. The molecule has 0 amide bonds. The molecule has 1 aromatic carbocycles. The van der Waals surface area contributed by atoms with E-state index < -0.39 is 0 Å². The zero-order valence-electron chi connectivity index (χ0n) is 15.2. The first-order valence-corrected chi connectivity index (χ1v) is 8.60. The summed E-state index contributed by atoms with van der Waals surface area (Å²) in [6.07, 6.45) is 1.26. The van der Waals surface area contributed by atoms with E-state index in [2.05, 4.69) is 19.9 Å². The van der Waals surface area contributed by atoms with Crippen molar-refractivity contribution in [3.8, 4) is 17.2 Å². The van der Waals surface area contributed by atoms with Crippen LogP contribution in [0, 0.1) is 0 Å². The molecule has 0 bridgehead atoms. The normalized spacial score (nSPS) is 22.5. The van der Waals surface area contributed by atoms with E-state index in [1.165, 1.54) is 38.2 Å². The molecule has 0 aliphatic carbocycles. The molecule has 0 aromatic heterocycles. The van der Waals surface area contributed by atoms with E-state index in [9.17, 15) is 0 Å². The summed E-state index contributed by atoms with van der Waals surface area (Å²) in [5.74, 6) is 2.21. The van der Waals surface area contributed by atoms with Gasteiger partial charge in [0, 0.05) is 0 Å². The molecule has 0 saturated carbocycles. The second-order valence-electron chi connectivity index (χ2n) is 6.39. The smallest absolute Gasteiger partial charge is 0.203 e. The van der Waals surface area contributed by atoms with Crippen molar-refractivity contribution in [1.82, 2.24) is 0 Å². The highest BCUT2D eigenvalue weighted by molar-refractivity contribution is 5.55. The van der Waals surface area contributed by atoms with Crippen LogP contribution in [0.3, 0.4) is 0 Å². The lowest BCUT2D eigenvalue weighted by molar-refractivity contribution is -1.03. The van der Waals surface area contributed by atoms with Crippen molar-refractivity contribution in [2.45, 2.75) is 32.9 Å². The van der Waals surface area contributed by atoms with Gasteiger partial charge in [-0.15, -0.1) is 0 Å². The van der Waals surface area contributed by atoms with E-state index in [-0.39, 0.29) is 0 Å². The Morgan fingerprint density at radius 2 is 1.61 bits per heavy atom. The lowest BCUT2D eigenvalue weighted by Gasteiger charge is -2.33. The zero-order valence-corrected chi connectivity index (χ0v) is 15.2. The minimum Gasteiger partial charge on any atom is -0.493 e. The van der Waals surface area contributed by atoms with Crippen LogP contribution in [0.15, 0.2) is 12.1 Å². The van der Waals surface area contributed by atoms with Gasteiger partial charge in [0.2, 0.25) is 5.75 Å². The molecular weight excluding hydrogens is 292 g/mol. The van der Waals surface area contributed by atoms with Crippen LogP contribution in [0.2, 0.25) is 0 Å². The molecule has 5 heteroatoms. The molecule has 1 atom stereocenters. The maximum absolute atomic E-state index is 5.60. The molecule has 130 valence electrons. The second kappa shape index (κ2) is 8.41. The summed E-state index contributed by atoms with van der Waals surface area (Å²) in [5, 5.41) is 0. The van der Waals surface area contributed by atoms with Gasteiger partial charge in [-0.2, -0.15) is 0 Å². The number of hydrogen-bond acceptors (Lipinski definition) is 3. The minimum absolute atomic E-state index is 0.691. The van der Waals surface area contributed by atoms with Crippen LogP contribution >= 0.6 is 0 Å². The lowest BCUT2D eigenvalue weighted by Crippen LogP contribution is -3.29. The van der Waals surface area contributed by atoms with Crippen molar-refractivity contribution in [3.05, 3.63) is 17.7 Å². The SMILES string of the molecule is CC[C@H](C)[NH+]1CC[NH+](Cc2ccc(OC)c(OC)c2OC)CC1. The molecule has 0 radical (unpaired) electrons. The Labute approximate surface area is 140 Å². The molecule has 1 fully saturated rings. The van der Waals surface area contributed by atoms with Crippen LogP contribution < -0.4 is 24.0 Å². The maximum Gasteiger partial charge on any atom is 0.203 e. The standard InChI is InChI=1S/C18H30N2O3/c1-6-14(2)20-11-9-19(10-12-20)13-15-7-8-16(21-3)18(23-5)17(15)22-4/h7-8,14H,6,9-13H2,1-5H3/p+2/t14-/m0/s1. The number of piperazine rings is 1. The van der Waals surface area contributed by atoms with Crippen molar-refractivity contribution in [3.63, 3.8) is 0 Å². The summed E-state index contributed by atoms with van der Waals surface area (Å²) in [6.45, 7) is 10.5. The van der Waals surface area contributed by atoms with E-state index in [0.717, 1.165) is 18.3 Å². The Balaban J connectivity index is 2.06. The number of rotatable bonds is 7. The van der Waals surface area contributed by atoms with E-state index in [1.807, 2.05) is 6.07 Å². The van der Waals surface area contributed by atoms with E-state index >= 15 is 0 Å². The monoisotopic (exact) mass is 324 g/mol. The average molecular weight is 324 g/mol. The van der Waals surface area contributed by atoms with Crippen LogP contribution in [0.1, 0.15) is 25.8 Å². The number of hydrogen-bond donors (Lipinski definition) is 2. The van der Waals surface area contributed by atoms with Crippen molar-refractivity contribution in [1.29, 1.82) is 0 Å². The topological polar surface area (TPSA) is 36.6 Å². The number of benzene rings is 1. The fourth-order valence-corrected chi connectivity index (χ4v) is 3.45. The van der Waals surface area contributed by atoms with Gasteiger partial charge in [-0.1, -0.05) is 6.92 Å². The van der Waals surface area contributed by atoms with E-state index in [4.69, 9.17) is 14.2 Å². The Morgan fingerprint density at radius 3 is 2.13 bits per heavy atom. The minimum atomic E-state index is 0.691. The number of quaternary nitrogens is 2. The van der Waals surface area contributed by atoms with Crippen LogP contribution in [0.25, 0.3) is 0 Å². The zero-order chi connectivity index (χ0) is 16.8. The quantitative estimate of drug-likeness (QED) is 0.729. The summed E-state index contributed by atoms with van der Waals surface area (Å²) in [5.41, 5.74) is 1.19. The lowest BCUT2D eigenvalue weighted by atomic mass is 10.1. The van der Waals surface area contributed by atoms with Gasteiger partial charge in [0.05, 0.1) is 32.9 Å². The van der Waals surface area contributed by atoms with Crippen LogP contribution in [-0.4, -0.2) is 53.6 Å². The number of methoxy groups -OCH3 is 3. The Bertz CT molecular complexity index is 499. The summed E-state index contributed by atoms with van der Waals surface area (Å²) in [4.78, 5) is 3.36. The van der Waals surface area contributed by atoms with Crippen molar-refractivity contribution in [2.75, 3.05) is 47.5 Å². The first-order valence-electron chi connectivity index (χ1n) is 8.60. The predicted octanol–water partition coefficient (Wildman–Crippen LogP) is -0.206. The summed E-state index contributed by atoms with van der Waals surface area (Å²) in [7, 11) is 5.01. The van der Waals surface area contributed by atoms with E-state index in [0.29, 0.717) is 11.5 Å². The fourth-order valence-electron chi connectivity index (χ4n) is 3.45. The largest absolute Gasteiger partial charge is 0.493 e. The van der Waals surface area contributed by atoms with Crippen molar-refractivity contribution >= 4 is 0 Å². The highest BCUT2D eigenvalue weighted by atomic mass is 16.5. The Kier molecular flexibility index (Phi) is 6.54. The third-order valence-electron chi connectivity index (χ3n) is 5.13. The summed E-state index contributed by atoms with van der Waals surface area (Å²) < 4.78 is 16.5. The maximum atomic E-state index is 5.60. The first kappa shape index (κ1) is 17.9. The van der Waals surface area contributed by atoms with Gasteiger partial charge in [0.25, 0.3) is 0 Å². The molecule has 0 spiro atoms. The fraction of sp³-hybridized carbons (Fsp3) is 0.667. The molecule has 5 nitrogen and oxygen atoms in total. The van der Waals surface area contributed by atoms with Crippen molar-refractivity contribution < 1.29 is 24.0 Å². The molecular formula is C18H32N2O3+2. The average Bonchev–Trinajstić information content (AvgIpc) is 2.61. The molecule has 1 aromatic rings. The van der Waals surface area contributed by atoms with Crippen molar-refractivity contribution in [2.24, 2.45) is 0 Å². The van der Waals surface area contributed by atoms with Gasteiger partial charge >= 0.3 is 0 Å². The van der Waals surface area contributed by atoms with Crippen LogP contribution in [0.5, 0.6) is 17.2 Å². The highest BCUT2D eigenvalue weighted by Gasteiger charge is 2.27. The van der Waals surface area contributed by atoms with Crippen LogP contribution in [0.4, 0.5) is 0 Å².